The van der Waals surface area contributed by atoms with Crippen LogP contribution in [0.1, 0.15) is 30.3 Å². The standard InChI is InChI=1S/C19H23N3O3/c1-12-16(23)20-15(21-17(12)24)9-10-22(3)18(25)14-11-19(14,2)13-7-5-4-6-8-13/h4-8,14H,9-11H2,1-3H3,(H2,20,21,23,24)/t14-,19+/m0/s1. The van der Waals surface area contributed by atoms with Crippen molar-refractivity contribution in [2.75, 3.05) is 13.6 Å². The highest BCUT2D eigenvalue weighted by Crippen LogP contribution is 2.54. The van der Waals surface area contributed by atoms with Crippen molar-refractivity contribution in [1.29, 1.82) is 0 Å². The molecule has 1 amide bonds. The van der Waals surface area contributed by atoms with Gasteiger partial charge in [0, 0.05) is 31.3 Å². The van der Waals surface area contributed by atoms with Crippen molar-refractivity contribution in [2.45, 2.75) is 32.1 Å². The number of carbonyl (C=O) groups is 1. The summed E-state index contributed by atoms with van der Waals surface area (Å²) in [5.74, 6) is 0.212. The summed E-state index contributed by atoms with van der Waals surface area (Å²) in [6.07, 6.45) is 1.24. The molecule has 1 aromatic heterocycles. The number of benzene rings is 1. The average Bonchev–Trinajstić information content (AvgIpc) is 3.30. The topological polar surface area (TPSA) is 86.3 Å². The first kappa shape index (κ1) is 17.2. The lowest BCUT2D eigenvalue weighted by Gasteiger charge is -2.19. The van der Waals surface area contributed by atoms with Crippen molar-refractivity contribution in [3.8, 4) is 5.88 Å². The van der Waals surface area contributed by atoms with Gasteiger partial charge in [0.05, 0.1) is 5.56 Å². The van der Waals surface area contributed by atoms with Crippen LogP contribution in [-0.2, 0) is 16.6 Å². The van der Waals surface area contributed by atoms with E-state index in [9.17, 15) is 14.7 Å². The lowest BCUT2D eigenvalue weighted by Crippen LogP contribution is -2.32. The SMILES string of the molecule is Cc1c(O)nc(CCN(C)C(=O)[C@@H]2C[C@]2(C)c2ccccc2)[nH]c1=O. The van der Waals surface area contributed by atoms with Crippen LogP contribution in [0.5, 0.6) is 5.88 Å². The average molecular weight is 341 g/mol. The minimum absolute atomic E-state index is 0.0154. The molecule has 1 aliphatic carbocycles. The van der Waals surface area contributed by atoms with Gasteiger partial charge in [0.1, 0.15) is 5.82 Å². The Labute approximate surface area is 146 Å². The van der Waals surface area contributed by atoms with E-state index in [1.807, 2.05) is 18.2 Å². The number of aromatic nitrogens is 2. The van der Waals surface area contributed by atoms with E-state index in [0.717, 1.165) is 6.42 Å². The molecular weight excluding hydrogens is 318 g/mol. The van der Waals surface area contributed by atoms with E-state index in [0.29, 0.717) is 18.8 Å². The molecule has 2 atom stereocenters. The maximum absolute atomic E-state index is 12.7. The number of hydrogen-bond acceptors (Lipinski definition) is 4. The predicted octanol–water partition coefficient (Wildman–Crippen LogP) is 1.76. The first-order valence-corrected chi connectivity index (χ1v) is 8.42. The molecule has 1 heterocycles. The molecule has 2 aromatic rings. The zero-order valence-electron chi connectivity index (χ0n) is 14.7. The van der Waals surface area contributed by atoms with Crippen molar-refractivity contribution in [3.63, 3.8) is 0 Å². The zero-order valence-corrected chi connectivity index (χ0v) is 14.7. The summed E-state index contributed by atoms with van der Waals surface area (Å²) in [6, 6.07) is 10.1. The number of H-pyrrole nitrogens is 1. The molecule has 2 N–H and O–H groups in total. The quantitative estimate of drug-likeness (QED) is 0.868. The number of nitrogens with zero attached hydrogens (tertiary/aromatic N) is 2. The summed E-state index contributed by atoms with van der Waals surface area (Å²) in [5, 5.41) is 9.64. The molecule has 1 aliphatic rings. The van der Waals surface area contributed by atoms with Gasteiger partial charge >= 0.3 is 0 Å². The van der Waals surface area contributed by atoms with Crippen LogP contribution in [0, 0.1) is 12.8 Å². The first-order chi connectivity index (χ1) is 11.8. The van der Waals surface area contributed by atoms with Crippen molar-refractivity contribution < 1.29 is 9.90 Å². The molecule has 6 heteroatoms. The molecule has 1 aromatic carbocycles. The van der Waals surface area contributed by atoms with Gasteiger partial charge in [0.2, 0.25) is 11.8 Å². The van der Waals surface area contributed by atoms with Gasteiger partial charge in [-0.25, -0.2) is 4.98 Å². The number of likely N-dealkylation sites (N-methyl/N-ethyl adjacent to an activating group) is 1. The van der Waals surface area contributed by atoms with Gasteiger partial charge in [-0.15, -0.1) is 0 Å². The van der Waals surface area contributed by atoms with E-state index in [1.54, 1.807) is 11.9 Å². The number of hydrogen-bond donors (Lipinski definition) is 2. The summed E-state index contributed by atoms with van der Waals surface area (Å²) in [4.78, 5) is 32.6. The van der Waals surface area contributed by atoms with E-state index in [2.05, 4.69) is 29.0 Å². The second kappa shape index (κ2) is 6.35. The highest BCUT2D eigenvalue weighted by molar-refractivity contribution is 5.84. The number of rotatable bonds is 5. The third kappa shape index (κ3) is 3.29. The Morgan fingerprint density at radius 3 is 2.72 bits per heavy atom. The van der Waals surface area contributed by atoms with E-state index in [4.69, 9.17) is 0 Å². The summed E-state index contributed by atoms with van der Waals surface area (Å²) in [6.45, 7) is 4.07. The molecule has 1 saturated carbocycles. The van der Waals surface area contributed by atoms with Crippen LogP contribution < -0.4 is 5.56 Å². The fraction of sp³-hybridized carbons (Fsp3) is 0.421. The largest absolute Gasteiger partial charge is 0.493 e. The summed E-state index contributed by atoms with van der Waals surface area (Å²) in [7, 11) is 1.76. The molecule has 3 rings (SSSR count). The summed E-state index contributed by atoms with van der Waals surface area (Å²) in [5.41, 5.74) is 0.942. The van der Waals surface area contributed by atoms with Crippen molar-refractivity contribution in [3.05, 3.63) is 57.6 Å². The smallest absolute Gasteiger partial charge is 0.257 e. The molecule has 132 valence electrons. The molecule has 25 heavy (non-hydrogen) atoms. The number of aromatic amines is 1. The Morgan fingerprint density at radius 2 is 2.08 bits per heavy atom. The number of aromatic hydroxyl groups is 1. The van der Waals surface area contributed by atoms with Crippen LogP contribution in [0.25, 0.3) is 0 Å². The number of amides is 1. The van der Waals surface area contributed by atoms with E-state index in [1.165, 1.54) is 12.5 Å². The highest BCUT2D eigenvalue weighted by atomic mass is 16.3. The minimum Gasteiger partial charge on any atom is -0.493 e. The van der Waals surface area contributed by atoms with Crippen molar-refractivity contribution in [2.24, 2.45) is 5.92 Å². The maximum atomic E-state index is 12.7. The predicted molar refractivity (Wildman–Crippen MR) is 94.5 cm³/mol. The van der Waals surface area contributed by atoms with Gasteiger partial charge in [-0.3, -0.25) is 9.59 Å². The molecular formula is C19H23N3O3. The fourth-order valence-electron chi connectivity index (χ4n) is 3.20. The molecule has 1 fully saturated rings. The Morgan fingerprint density at radius 1 is 1.40 bits per heavy atom. The minimum atomic E-state index is -0.352. The van der Waals surface area contributed by atoms with Gasteiger partial charge in [-0.05, 0) is 18.9 Å². The Bertz CT molecular complexity index is 847. The second-order valence-electron chi connectivity index (χ2n) is 7.01. The molecule has 0 spiro atoms. The van der Waals surface area contributed by atoms with Crippen molar-refractivity contribution >= 4 is 5.91 Å². The fourth-order valence-corrected chi connectivity index (χ4v) is 3.20. The third-order valence-electron chi connectivity index (χ3n) is 5.20. The highest BCUT2D eigenvalue weighted by Gasteiger charge is 2.56. The van der Waals surface area contributed by atoms with Crippen LogP contribution in [0.15, 0.2) is 35.1 Å². The van der Waals surface area contributed by atoms with Crippen LogP contribution in [-0.4, -0.2) is 39.5 Å². The molecule has 0 unspecified atom stereocenters. The summed E-state index contributed by atoms with van der Waals surface area (Å²) < 4.78 is 0. The van der Waals surface area contributed by atoms with Crippen LogP contribution >= 0.6 is 0 Å². The van der Waals surface area contributed by atoms with Crippen LogP contribution in [0.4, 0.5) is 0 Å². The maximum Gasteiger partial charge on any atom is 0.257 e. The van der Waals surface area contributed by atoms with E-state index >= 15 is 0 Å². The Balaban J connectivity index is 1.62. The van der Waals surface area contributed by atoms with E-state index < -0.39 is 0 Å². The van der Waals surface area contributed by atoms with E-state index in [-0.39, 0.29) is 34.2 Å². The van der Waals surface area contributed by atoms with Crippen LogP contribution in [0.2, 0.25) is 0 Å². The monoisotopic (exact) mass is 341 g/mol. The molecule has 0 aliphatic heterocycles. The van der Waals surface area contributed by atoms with Crippen LogP contribution in [0.3, 0.4) is 0 Å². The molecule has 0 radical (unpaired) electrons. The zero-order chi connectivity index (χ0) is 18.2. The van der Waals surface area contributed by atoms with Gasteiger partial charge in [0.15, 0.2) is 0 Å². The Kier molecular flexibility index (Phi) is 4.37. The van der Waals surface area contributed by atoms with Gasteiger partial charge in [-0.1, -0.05) is 37.3 Å². The van der Waals surface area contributed by atoms with Gasteiger partial charge in [-0.2, -0.15) is 0 Å². The van der Waals surface area contributed by atoms with Crippen molar-refractivity contribution in [1.82, 2.24) is 14.9 Å². The Hall–Kier alpha value is -2.63. The molecule has 6 nitrogen and oxygen atoms in total. The molecule has 0 saturated heterocycles. The first-order valence-electron chi connectivity index (χ1n) is 8.42. The third-order valence-corrected chi connectivity index (χ3v) is 5.20. The summed E-state index contributed by atoms with van der Waals surface area (Å²) >= 11 is 0. The second-order valence-corrected chi connectivity index (χ2v) is 7.01. The number of carbonyl (C=O) groups excluding carboxylic acids is 1. The van der Waals surface area contributed by atoms with Gasteiger partial charge < -0.3 is 15.0 Å². The lowest BCUT2D eigenvalue weighted by molar-refractivity contribution is -0.131. The van der Waals surface area contributed by atoms with Gasteiger partial charge in [0.25, 0.3) is 5.56 Å². The number of nitrogens with one attached hydrogen (secondary N) is 1. The normalized spacial score (nSPS) is 21.8. The lowest BCUT2D eigenvalue weighted by atomic mass is 9.95. The molecule has 0 bridgehead atoms.